The van der Waals surface area contributed by atoms with E-state index in [0.717, 1.165) is 5.56 Å². The number of carbonyl (C=O) groups is 1. The standard InChI is InChI=1S/C15H19N3O2S/c1-10(15-17-11(2)18-20-15)21-13(14(19)16-3)9-12-7-5-4-6-8-12/h4-8,10,13H,9H2,1-3H3,(H,16,19)/t10-,13-/m0/s1. The Bertz CT molecular complexity index is 586. The first-order chi connectivity index (χ1) is 10.1. The minimum absolute atomic E-state index is 0.00643. The summed E-state index contributed by atoms with van der Waals surface area (Å²) >= 11 is 1.53. The van der Waals surface area contributed by atoms with Crippen molar-refractivity contribution in [1.29, 1.82) is 0 Å². The second-order valence-electron chi connectivity index (χ2n) is 4.75. The molecule has 2 atom stereocenters. The Hall–Kier alpha value is -1.82. The molecule has 0 unspecified atom stereocenters. The highest BCUT2D eigenvalue weighted by Crippen LogP contribution is 2.32. The number of nitrogens with one attached hydrogen (secondary N) is 1. The minimum atomic E-state index is -0.195. The zero-order valence-corrected chi connectivity index (χ0v) is 13.2. The fourth-order valence-corrected chi connectivity index (χ4v) is 3.21. The normalized spacial score (nSPS) is 13.7. The van der Waals surface area contributed by atoms with Crippen LogP contribution < -0.4 is 5.32 Å². The van der Waals surface area contributed by atoms with E-state index in [1.165, 1.54) is 11.8 Å². The zero-order valence-electron chi connectivity index (χ0n) is 12.4. The molecule has 1 aromatic carbocycles. The van der Waals surface area contributed by atoms with E-state index in [1.54, 1.807) is 14.0 Å². The number of hydrogen-bond donors (Lipinski definition) is 1. The van der Waals surface area contributed by atoms with Crippen molar-refractivity contribution in [2.75, 3.05) is 7.05 Å². The van der Waals surface area contributed by atoms with Crippen molar-refractivity contribution in [3.05, 3.63) is 47.6 Å². The van der Waals surface area contributed by atoms with Crippen molar-refractivity contribution in [3.8, 4) is 0 Å². The molecule has 0 saturated heterocycles. The van der Waals surface area contributed by atoms with Crippen LogP contribution in [0.3, 0.4) is 0 Å². The van der Waals surface area contributed by atoms with Crippen LogP contribution in [-0.4, -0.2) is 28.3 Å². The molecule has 0 aliphatic heterocycles. The number of thioether (sulfide) groups is 1. The van der Waals surface area contributed by atoms with Gasteiger partial charge in [-0.05, 0) is 25.8 Å². The number of hydrogen-bond acceptors (Lipinski definition) is 5. The quantitative estimate of drug-likeness (QED) is 0.888. The lowest BCUT2D eigenvalue weighted by Crippen LogP contribution is -2.31. The molecular weight excluding hydrogens is 286 g/mol. The first-order valence-corrected chi connectivity index (χ1v) is 7.75. The van der Waals surface area contributed by atoms with E-state index in [-0.39, 0.29) is 16.4 Å². The van der Waals surface area contributed by atoms with Crippen LogP contribution in [0.5, 0.6) is 0 Å². The summed E-state index contributed by atoms with van der Waals surface area (Å²) in [5.74, 6) is 1.17. The van der Waals surface area contributed by atoms with Gasteiger partial charge in [0.2, 0.25) is 11.8 Å². The third-order valence-electron chi connectivity index (χ3n) is 3.06. The summed E-state index contributed by atoms with van der Waals surface area (Å²) < 4.78 is 5.18. The number of aromatic nitrogens is 2. The second-order valence-corrected chi connectivity index (χ2v) is 6.30. The Morgan fingerprint density at radius 3 is 2.67 bits per heavy atom. The predicted molar refractivity (Wildman–Crippen MR) is 83.0 cm³/mol. The summed E-state index contributed by atoms with van der Waals surface area (Å²) in [7, 11) is 1.66. The average Bonchev–Trinajstić information content (AvgIpc) is 2.93. The lowest BCUT2D eigenvalue weighted by atomic mass is 10.1. The number of nitrogens with zero attached hydrogens (tertiary/aromatic N) is 2. The van der Waals surface area contributed by atoms with Crippen molar-refractivity contribution in [3.63, 3.8) is 0 Å². The Morgan fingerprint density at radius 1 is 1.38 bits per heavy atom. The van der Waals surface area contributed by atoms with Crippen molar-refractivity contribution >= 4 is 17.7 Å². The van der Waals surface area contributed by atoms with Crippen LogP contribution in [0.4, 0.5) is 0 Å². The Balaban J connectivity index is 2.07. The van der Waals surface area contributed by atoms with Gasteiger partial charge in [-0.2, -0.15) is 4.98 Å². The van der Waals surface area contributed by atoms with Crippen molar-refractivity contribution in [2.24, 2.45) is 0 Å². The van der Waals surface area contributed by atoms with Crippen molar-refractivity contribution in [2.45, 2.75) is 30.8 Å². The smallest absolute Gasteiger partial charge is 0.239 e. The molecule has 2 aromatic rings. The number of rotatable bonds is 6. The van der Waals surface area contributed by atoms with E-state index in [2.05, 4.69) is 15.5 Å². The van der Waals surface area contributed by atoms with E-state index >= 15 is 0 Å². The van der Waals surface area contributed by atoms with E-state index < -0.39 is 0 Å². The highest BCUT2D eigenvalue weighted by molar-refractivity contribution is 8.00. The predicted octanol–water partition coefficient (Wildman–Crippen LogP) is 2.53. The number of benzene rings is 1. The molecular formula is C15H19N3O2S. The van der Waals surface area contributed by atoms with Crippen LogP contribution in [0.1, 0.15) is 29.5 Å². The Kier molecular flexibility index (Phi) is 5.38. The summed E-state index contributed by atoms with van der Waals surface area (Å²) in [6.45, 7) is 3.75. The van der Waals surface area contributed by atoms with E-state index in [0.29, 0.717) is 18.1 Å². The SMILES string of the molecule is CNC(=O)[C@H](Cc1ccccc1)S[C@@H](C)c1nc(C)no1. The van der Waals surface area contributed by atoms with Gasteiger partial charge in [0.25, 0.3) is 0 Å². The molecule has 6 heteroatoms. The molecule has 0 aliphatic carbocycles. The first-order valence-electron chi connectivity index (χ1n) is 6.81. The molecule has 0 saturated carbocycles. The van der Waals surface area contributed by atoms with Gasteiger partial charge < -0.3 is 9.84 Å². The van der Waals surface area contributed by atoms with E-state index in [9.17, 15) is 4.79 Å². The van der Waals surface area contributed by atoms with E-state index in [4.69, 9.17) is 4.52 Å². The lowest BCUT2D eigenvalue weighted by molar-refractivity contribution is -0.120. The molecule has 1 amide bonds. The van der Waals surface area contributed by atoms with Gasteiger partial charge in [0, 0.05) is 7.05 Å². The van der Waals surface area contributed by atoms with Gasteiger partial charge in [-0.25, -0.2) is 0 Å². The second kappa shape index (κ2) is 7.26. The molecule has 0 radical (unpaired) electrons. The monoisotopic (exact) mass is 305 g/mol. The topological polar surface area (TPSA) is 68.0 Å². The third-order valence-corrected chi connectivity index (χ3v) is 4.38. The molecule has 0 aliphatic rings. The molecule has 21 heavy (non-hydrogen) atoms. The fraction of sp³-hybridized carbons (Fsp3) is 0.400. The molecule has 5 nitrogen and oxygen atoms in total. The maximum atomic E-state index is 12.1. The van der Waals surface area contributed by atoms with Gasteiger partial charge in [-0.15, -0.1) is 11.8 Å². The minimum Gasteiger partial charge on any atom is -0.358 e. The maximum absolute atomic E-state index is 12.1. The summed E-state index contributed by atoms with van der Waals surface area (Å²) in [6, 6.07) is 9.98. The van der Waals surface area contributed by atoms with Crippen LogP contribution >= 0.6 is 11.8 Å². The van der Waals surface area contributed by atoms with Crippen molar-refractivity contribution < 1.29 is 9.32 Å². The molecule has 0 bridgehead atoms. The van der Waals surface area contributed by atoms with Crippen LogP contribution in [0.2, 0.25) is 0 Å². The zero-order chi connectivity index (χ0) is 15.2. The van der Waals surface area contributed by atoms with Crippen LogP contribution in [0, 0.1) is 6.92 Å². The lowest BCUT2D eigenvalue weighted by Gasteiger charge is -2.17. The largest absolute Gasteiger partial charge is 0.358 e. The van der Waals surface area contributed by atoms with Crippen molar-refractivity contribution in [1.82, 2.24) is 15.5 Å². The summed E-state index contributed by atoms with van der Waals surface area (Å²) in [4.78, 5) is 16.3. The van der Waals surface area contributed by atoms with Gasteiger partial charge in [0.15, 0.2) is 5.82 Å². The molecule has 1 N–H and O–H groups in total. The number of aryl methyl sites for hydroxylation is 1. The molecule has 112 valence electrons. The van der Waals surface area contributed by atoms with Gasteiger partial charge in [-0.3, -0.25) is 4.79 Å². The summed E-state index contributed by atoms with van der Waals surface area (Å²) in [5.41, 5.74) is 1.13. The Morgan fingerprint density at radius 2 is 2.10 bits per heavy atom. The van der Waals surface area contributed by atoms with Crippen LogP contribution in [0.15, 0.2) is 34.9 Å². The molecule has 0 fully saturated rings. The first kappa shape index (κ1) is 15.6. The third kappa shape index (κ3) is 4.32. The molecule has 2 rings (SSSR count). The van der Waals surface area contributed by atoms with Gasteiger partial charge >= 0.3 is 0 Å². The highest BCUT2D eigenvalue weighted by atomic mass is 32.2. The Labute approximate surface area is 128 Å². The van der Waals surface area contributed by atoms with Gasteiger partial charge in [-0.1, -0.05) is 35.5 Å². The summed E-state index contributed by atoms with van der Waals surface area (Å²) in [6.07, 6.45) is 0.669. The molecule has 1 heterocycles. The van der Waals surface area contributed by atoms with E-state index in [1.807, 2.05) is 37.3 Å². The number of amides is 1. The summed E-state index contributed by atoms with van der Waals surface area (Å²) in [5, 5.41) is 6.29. The molecule has 0 spiro atoms. The average molecular weight is 305 g/mol. The fourth-order valence-electron chi connectivity index (χ4n) is 1.97. The van der Waals surface area contributed by atoms with Crippen LogP contribution in [-0.2, 0) is 11.2 Å². The number of carbonyl (C=O) groups excluding carboxylic acids is 1. The maximum Gasteiger partial charge on any atom is 0.239 e. The molecule has 1 aromatic heterocycles. The van der Waals surface area contributed by atoms with Gasteiger partial charge in [0.1, 0.15) is 0 Å². The highest BCUT2D eigenvalue weighted by Gasteiger charge is 2.24. The van der Waals surface area contributed by atoms with Gasteiger partial charge in [0.05, 0.1) is 10.5 Å². The van der Waals surface area contributed by atoms with Crippen LogP contribution in [0.25, 0.3) is 0 Å².